The lowest BCUT2D eigenvalue weighted by molar-refractivity contribution is -0.119. The molecule has 0 aliphatic heterocycles. The molecule has 1 unspecified atom stereocenters. The second-order valence-electron chi connectivity index (χ2n) is 1.76. The largest absolute Gasteiger partial charge is 0.281 e. The van der Waals surface area contributed by atoms with E-state index < -0.39 is 16.4 Å². The zero-order valence-corrected chi connectivity index (χ0v) is 6.37. The van der Waals surface area contributed by atoms with Gasteiger partial charge in [0, 0.05) is 12.3 Å². The molecule has 4 heteroatoms. The first-order chi connectivity index (χ1) is 4.04. The van der Waals surface area contributed by atoms with E-state index in [0.29, 0.717) is 0 Å². The van der Waals surface area contributed by atoms with E-state index in [-0.39, 0.29) is 6.42 Å². The molecule has 0 aliphatic carbocycles. The molecule has 0 heterocycles. The highest BCUT2D eigenvalue weighted by Gasteiger charge is 2.12. The summed E-state index contributed by atoms with van der Waals surface area (Å²) >= 11 is 9.99. The van der Waals surface area contributed by atoms with Gasteiger partial charge in [-0.05, 0) is 23.2 Å². The third-order valence-corrected chi connectivity index (χ3v) is 1.38. The van der Waals surface area contributed by atoms with E-state index in [1.807, 2.05) is 0 Å². The van der Waals surface area contributed by atoms with Gasteiger partial charge >= 0.3 is 0 Å². The molecule has 0 amide bonds. The number of halogens is 2. The van der Waals surface area contributed by atoms with Crippen LogP contribution < -0.4 is 0 Å². The second kappa shape index (κ2) is 3.85. The first-order valence-corrected chi connectivity index (χ1v) is 3.17. The molecule has 0 aromatic rings. The summed E-state index contributed by atoms with van der Waals surface area (Å²) in [6, 6.07) is 0. The maximum Gasteiger partial charge on any atom is 0.224 e. The summed E-state index contributed by atoms with van der Waals surface area (Å²) in [6.45, 7) is 1.55. The van der Waals surface area contributed by atoms with Crippen LogP contribution >= 0.6 is 23.2 Å². The highest BCUT2D eigenvalue weighted by Crippen LogP contribution is 2.07. The SMILES string of the molecule is CC(CC(=O)Cl)C(=O)Cl. The molecule has 0 rings (SSSR count). The Balaban J connectivity index is 3.63. The lowest BCUT2D eigenvalue weighted by Gasteiger charge is -1.98. The minimum atomic E-state index is -0.531. The summed E-state index contributed by atoms with van der Waals surface area (Å²) in [5, 5.41) is -1.06. The van der Waals surface area contributed by atoms with E-state index in [9.17, 15) is 9.59 Å². The predicted octanol–water partition coefficient (Wildman–Crippen LogP) is 1.54. The Hall–Kier alpha value is -0.0800. The van der Waals surface area contributed by atoms with Crippen LogP contribution in [0.3, 0.4) is 0 Å². The Morgan fingerprint density at radius 1 is 1.44 bits per heavy atom. The summed E-state index contributed by atoms with van der Waals surface area (Å²) in [4.78, 5) is 20.3. The quantitative estimate of drug-likeness (QED) is 0.600. The van der Waals surface area contributed by atoms with Crippen LogP contribution in [0.25, 0.3) is 0 Å². The molecule has 0 saturated heterocycles. The molecule has 0 saturated carbocycles. The minimum Gasteiger partial charge on any atom is -0.281 e. The topological polar surface area (TPSA) is 34.1 Å². The lowest BCUT2D eigenvalue weighted by atomic mass is 10.1. The van der Waals surface area contributed by atoms with Crippen molar-refractivity contribution < 1.29 is 9.59 Å². The minimum absolute atomic E-state index is 0.0177. The fourth-order valence-electron chi connectivity index (χ4n) is 0.321. The normalized spacial score (nSPS) is 12.8. The summed E-state index contributed by atoms with van der Waals surface area (Å²) in [7, 11) is 0. The van der Waals surface area contributed by atoms with Crippen molar-refractivity contribution in [2.45, 2.75) is 13.3 Å². The van der Waals surface area contributed by atoms with Crippen molar-refractivity contribution in [1.29, 1.82) is 0 Å². The molecule has 0 N–H and O–H groups in total. The van der Waals surface area contributed by atoms with Crippen molar-refractivity contribution in [3.8, 4) is 0 Å². The molecule has 0 aromatic heterocycles. The van der Waals surface area contributed by atoms with Crippen LogP contribution in [0.1, 0.15) is 13.3 Å². The van der Waals surface area contributed by atoms with Crippen molar-refractivity contribution in [2.24, 2.45) is 5.92 Å². The second-order valence-corrected chi connectivity index (χ2v) is 2.56. The van der Waals surface area contributed by atoms with Crippen LogP contribution in [0.5, 0.6) is 0 Å². The zero-order chi connectivity index (χ0) is 7.44. The van der Waals surface area contributed by atoms with E-state index >= 15 is 0 Å². The number of carbonyl (C=O) groups is 2. The van der Waals surface area contributed by atoms with Crippen LogP contribution in [0.4, 0.5) is 0 Å². The molecular weight excluding hydrogens is 163 g/mol. The van der Waals surface area contributed by atoms with Gasteiger partial charge in [-0.3, -0.25) is 9.59 Å². The Bertz CT molecular complexity index is 133. The highest BCUT2D eigenvalue weighted by molar-refractivity contribution is 6.66. The van der Waals surface area contributed by atoms with Crippen molar-refractivity contribution in [3.63, 3.8) is 0 Å². The Labute approximate surface area is 63.1 Å². The first-order valence-electron chi connectivity index (χ1n) is 2.41. The third-order valence-electron chi connectivity index (χ3n) is 0.854. The van der Waals surface area contributed by atoms with Crippen molar-refractivity contribution in [2.75, 3.05) is 0 Å². The van der Waals surface area contributed by atoms with Gasteiger partial charge in [-0.25, -0.2) is 0 Å². The molecule has 2 nitrogen and oxygen atoms in total. The molecular formula is C5H6Cl2O2. The summed E-state index contributed by atoms with van der Waals surface area (Å²) < 4.78 is 0. The van der Waals surface area contributed by atoms with Crippen molar-refractivity contribution in [1.82, 2.24) is 0 Å². The smallest absolute Gasteiger partial charge is 0.224 e. The Kier molecular flexibility index (Phi) is 3.82. The van der Waals surface area contributed by atoms with Gasteiger partial charge < -0.3 is 0 Å². The average Bonchev–Trinajstić information content (AvgIpc) is 1.63. The Morgan fingerprint density at radius 2 is 1.89 bits per heavy atom. The molecule has 0 spiro atoms. The molecule has 1 atom stereocenters. The maximum absolute atomic E-state index is 10.2. The zero-order valence-electron chi connectivity index (χ0n) is 4.86. The van der Waals surface area contributed by atoms with Gasteiger partial charge in [0.1, 0.15) is 0 Å². The van der Waals surface area contributed by atoms with Gasteiger partial charge in [0.25, 0.3) is 0 Å². The monoisotopic (exact) mass is 168 g/mol. The van der Waals surface area contributed by atoms with Crippen LogP contribution in [0.2, 0.25) is 0 Å². The van der Waals surface area contributed by atoms with Gasteiger partial charge in [0.15, 0.2) is 0 Å². The summed E-state index contributed by atoms with van der Waals surface area (Å²) in [5.41, 5.74) is 0. The van der Waals surface area contributed by atoms with Gasteiger partial charge in [-0.15, -0.1) is 0 Å². The first kappa shape index (κ1) is 8.92. The molecule has 9 heavy (non-hydrogen) atoms. The molecule has 52 valence electrons. The number of rotatable bonds is 3. The van der Waals surface area contributed by atoms with Crippen LogP contribution in [-0.2, 0) is 9.59 Å². The van der Waals surface area contributed by atoms with E-state index in [4.69, 9.17) is 23.2 Å². The highest BCUT2D eigenvalue weighted by atomic mass is 35.5. The third kappa shape index (κ3) is 4.43. The number of hydrogen-bond acceptors (Lipinski definition) is 2. The molecule has 0 bridgehead atoms. The molecule has 0 radical (unpaired) electrons. The predicted molar refractivity (Wildman–Crippen MR) is 35.5 cm³/mol. The number of carbonyl (C=O) groups excluding carboxylic acids is 2. The maximum atomic E-state index is 10.2. The van der Waals surface area contributed by atoms with Crippen molar-refractivity contribution in [3.05, 3.63) is 0 Å². The fourth-order valence-corrected chi connectivity index (χ4v) is 0.630. The van der Waals surface area contributed by atoms with E-state index in [0.717, 1.165) is 0 Å². The standard InChI is InChI=1S/C5H6Cl2O2/c1-3(5(7)9)2-4(6)8/h3H,2H2,1H3. The average molecular weight is 169 g/mol. The van der Waals surface area contributed by atoms with E-state index in [1.54, 1.807) is 6.92 Å². The number of hydrogen-bond donors (Lipinski definition) is 0. The van der Waals surface area contributed by atoms with E-state index in [2.05, 4.69) is 0 Å². The summed E-state index contributed by atoms with van der Waals surface area (Å²) in [5.74, 6) is -0.461. The molecule has 0 fully saturated rings. The lowest BCUT2D eigenvalue weighted by Crippen LogP contribution is -2.06. The molecule has 0 aromatic carbocycles. The fraction of sp³-hybridized carbons (Fsp3) is 0.600. The van der Waals surface area contributed by atoms with Gasteiger partial charge in [0.2, 0.25) is 10.5 Å². The van der Waals surface area contributed by atoms with Crippen molar-refractivity contribution >= 4 is 33.7 Å². The van der Waals surface area contributed by atoms with Gasteiger partial charge in [-0.1, -0.05) is 6.92 Å². The Morgan fingerprint density at radius 3 is 2.00 bits per heavy atom. The van der Waals surface area contributed by atoms with Crippen LogP contribution in [-0.4, -0.2) is 10.5 Å². The molecule has 0 aliphatic rings. The van der Waals surface area contributed by atoms with Crippen LogP contribution in [0, 0.1) is 5.92 Å². The van der Waals surface area contributed by atoms with E-state index in [1.165, 1.54) is 0 Å². The summed E-state index contributed by atoms with van der Waals surface area (Å²) in [6.07, 6.45) is 0.0177. The van der Waals surface area contributed by atoms with Gasteiger partial charge in [-0.2, -0.15) is 0 Å². The van der Waals surface area contributed by atoms with Crippen LogP contribution in [0.15, 0.2) is 0 Å². The van der Waals surface area contributed by atoms with Gasteiger partial charge in [0.05, 0.1) is 0 Å².